The van der Waals surface area contributed by atoms with Crippen LogP contribution >= 0.6 is 0 Å². The molecule has 0 saturated carbocycles. The number of carbonyl (C=O) groups excluding carboxylic acids is 4. The summed E-state index contributed by atoms with van der Waals surface area (Å²) >= 11 is 0. The molecule has 0 aliphatic rings. The van der Waals surface area contributed by atoms with Gasteiger partial charge in [0.2, 0.25) is 0 Å². The van der Waals surface area contributed by atoms with E-state index in [4.69, 9.17) is 18.9 Å². The summed E-state index contributed by atoms with van der Waals surface area (Å²) in [7, 11) is 0. The summed E-state index contributed by atoms with van der Waals surface area (Å²) in [6.45, 7) is 20.5. The van der Waals surface area contributed by atoms with Crippen molar-refractivity contribution in [2.45, 2.75) is 27.7 Å². The van der Waals surface area contributed by atoms with Crippen LogP contribution in [-0.4, -0.2) is 50.3 Å². The third-order valence-corrected chi connectivity index (χ3v) is 2.85. The van der Waals surface area contributed by atoms with Gasteiger partial charge in [0.05, 0.1) is 0 Å². The Morgan fingerprint density at radius 3 is 1.12 bits per heavy atom. The predicted octanol–water partition coefficient (Wildman–Crippen LogP) is 2.85. The van der Waals surface area contributed by atoms with Gasteiger partial charge in [-0.3, -0.25) is 0 Å². The zero-order chi connectivity index (χ0) is 23.7. The van der Waals surface area contributed by atoms with Crippen molar-refractivity contribution in [1.82, 2.24) is 0 Å². The third-order valence-electron chi connectivity index (χ3n) is 2.85. The first kappa shape index (κ1) is 38.3. The van der Waals surface area contributed by atoms with E-state index < -0.39 is 23.9 Å². The smallest absolute Gasteiger partial charge is 0.330 e. The summed E-state index contributed by atoms with van der Waals surface area (Å²) in [5.74, 6) is -0.436. The van der Waals surface area contributed by atoms with Crippen molar-refractivity contribution < 1.29 is 104 Å². The quantitative estimate of drug-likeness (QED) is 0.146. The Morgan fingerprint density at radius 2 is 0.906 bits per heavy atom. The van der Waals surface area contributed by atoms with Crippen LogP contribution in [0.1, 0.15) is 27.7 Å². The van der Waals surface area contributed by atoms with Crippen LogP contribution < -0.4 is 0 Å². The Balaban J connectivity index is -0.000000232. The van der Waals surface area contributed by atoms with E-state index >= 15 is 0 Å². The number of rotatable bonds is 12. The van der Waals surface area contributed by atoms with Crippen LogP contribution in [0.15, 0.2) is 49.6 Å². The van der Waals surface area contributed by atoms with Crippen LogP contribution in [0.2, 0.25) is 0 Å². The molecule has 0 atom stereocenters. The van der Waals surface area contributed by atoms with E-state index in [2.05, 4.69) is 26.3 Å². The minimum atomic E-state index is -0.501. The molecule has 0 aliphatic carbocycles. The second kappa shape index (κ2) is 23.2. The molecule has 0 heterocycles. The largest absolute Gasteiger partial charge is 0.495 e. The second-order valence-corrected chi connectivity index (χ2v) is 6.25. The Hall–Kier alpha value is -0.952. The van der Waals surface area contributed by atoms with E-state index in [1.807, 2.05) is 0 Å². The van der Waals surface area contributed by atoms with Gasteiger partial charge in [0.25, 0.3) is 0 Å². The third kappa shape index (κ3) is 23.7. The average Bonchev–Trinajstić information content (AvgIpc) is 2.72. The minimum absolute atomic E-state index is 0. The van der Waals surface area contributed by atoms with Gasteiger partial charge in [-0.1, -0.05) is 26.3 Å². The van der Waals surface area contributed by atoms with Gasteiger partial charge >= 0.3 is 23.9 Å². The molecule has 0 aromatic rings. The van der Waals surface area contributed by atoms with Crippen molar-refractivity contribution in [3.8, 4) is 0 Å². The second-order valence-electron chi connectivity index (χ2n) is 6.25. The molecule has 32 heavy (non-hydrogen) atoms. The van der Waals surface area contributed by atoms with E-state index in [1.165, 1.54) is 0 Å². The van der Waals surface area contributed by atoms with Gasteiger partial charge in [0.1, 0.15) is 0 Å². The zero-order valence-corrected chi connectivity index (χ0v) is 24.9. The van der Waals surface area contributed by atoms with Crippen molar-refractivity contribution in [3.63, 3.8) is 0 Å². The van der Waals surface area contributed by atoms with Gasteiger partial charge in [-0.05, 0) is 40.3 Å². The van der Waals surface area contributed by atoms with Gasteiger partial charge in [-0.15, -0.1) is 0 Å². The summed E-state index contributed by atoms with van der Waals surface area (Å²) < 4.78 is 19.2. The maximum atomic E-state index is 11.0. The monoisotopic (exact) mass is 600 g/mol. The van der Waals surface area contributed by atoms with E-state index in [0.717, 1.165) is 24.0 Å². The first-order valence-corrected chi connectivity index (χ1v) is 8.80. The van der Waals surface area contributed by atoms with Gasteiger partial charge < -0.3 is 18.9 Å². The molecule has 2 radical (unpaired) electrons. The molecule has 0 N–H and O–H groups in total. The molecule has 0 aromatic heterocycles. The van der Waals surface area contributed by atoms with Crippen LogP contribution in [0.3, 0.4) is 0 Å². The number of esters is 4. The SMILES string of the molecule is C=C(C)C(=O)OC[C-](C)COC(=O)C(=C)C.C=CC(=O)OC[C-](C)COC(=O)C=C.[Y].[Y]. The molecule has 0 spiro atoms. The van der Waals surface area contributed by atoms with Crippen LogP contribution in [0, 0.1) is 11.8 Å². The van der Waals surface area contributed by atoms with E-state index in [-0.39, 0.29) is 91.8 Å². The Morgan fingerprint density at radius 1 is 0.656 bits per heavy atom. The molecule has 0 amide bonds. The molecular weight excluding hydrogens is 570 g/mol. The number of hydrogen-bond donors (Lipinski definition) is 0. The fourth-order valence-corrected chi connectivity index (χ4v) is 1.21. The molecule has 8 nitrogen and oxygen atoms in total. The van der Waals surface area contributed by atoms with Crippen molar-refractivity contribution in [2.75, 3.05) is 26.4 Å². The maximum absolute atomic E-state index is 11.0. The summed E-state index contributed by atoms with van der Waals surface area (Å²) in [6.07, 6.45) is 2.14. The van der Waals surface area contributed by atoms with Gasteiger partial charge in [-0.25, -0.2) is 31.0 Å². The number of ether oxygens (including phenoxy) is 4. The Kier molecular flexibility index (Phi) is 27.8. The summed E-state index contributed by atoms with van der Waals surface area (Å²) in [5, 5.41) is 0. The predicted molar refractivity (Wildman–Crippen MR) is 112 cm³/mol. The molecule has 0 fully saturated rings. The van der Waals surface area contributed by atoms with Gasteiger partial charge in [0, 0.05) is 88.7 Å². The average molecular weight is 600 g/mol. The molecule has 174 valence electrons. The topological polar surface area (TPSA) is 105 Å². The van der Waals surface area contributed by atoms with E-state index in [0.29, 0.717) is 11.1 Å². The molecule has 0 unspecified atom stereocenters. The summed E-state index contributed by atoms with van der Waals surface area (Å²) in [4.78, 5) is 43.3. The normalized spacial score (nSPS) is 8.94. The Bertz CT molecular complexity index is 604. The molecule has 10 heteroatoms. The number of carbonyl (C=O) groups is 4. The standard InChI is InChI=1S/C12H17O4.C10H13O4.2Y/c1-8(2)11(13)15-6-10(5)7-16-12(14)9(3)4;1-4-9(11)13-6-8(3)7-14-10(12)5-2;;/h1,3,6-7H2,2,4-5H3;4-5H,1-2,6-7H2,3H3;;/q2*-1;;. The molecule has 0 aliphatic heterocycles. The maximum Gasteiger partial charge on any atom is 0.330 e. The first-order valence-electron chi connectivity index (χ1n) is 8.80. The minimum Gasteiger partial charge on any atom is -0.495 e. The van der Waals surface area contributed by atoms with Crippen molar-refractivity contribution in [1.29, 1.82) is 0 Å². The first-order chi connectivity index (χ1) is 13.9. The van der Waals surface area contributed by atoms with Crippen molar-refractivity contribution in [2.24, 2.45) is 0 Å². The fraction of sp³-hybridized carbons (Fsp3) is 0.364. The van der Waals surface area contributed by atoms with Crippen molar-refractivity contribution in [3.05, 3.63) is 61.4 Å². The summed E-state index contributed by atoms with van der Waals surface area (Å²) in [5.41, 5.74) is 0.679. The zero-order valence-electron chi connectivity index (χ0n) is 19.2. The molecular formula is C22H30O8Y2-2. The van der Waals surface area contributed by atoms with Gasteiger partial charge in [0.15, 0.2) is 0 Å². The molecule has 0 bridgehead atoms. The number of hydrogen-bond acceptors (Lipinski definition) is 8. The Labute approximate surface area is 241 Å². The van der Waals surface area contributed by atoms with E-state index in [9.17, 15) is 19.2 Å². The molecule has 0 rings (SSSR count). The molecule has 0 saturated heterocycles. The van der Waals surface area contributed by atoms with Crippen molar-refractivity contribution >= 4 is 23.9 Å². The van der Waals surface area contributed by atoms with Crippen LogP contribution in [0.25, 0.3) is 0 Å². The van der Waals surface area contributed by atoms with Gasteiger partial charge in [-0.2, -0.15) is 13.8 Å². The van der Waals surface area contributed by atoms with Crippen LogP contribution in [-0.2, 0) is 104 Å². The van der Waals surface area contributed by atoms with Crippen LogP contribution in [0.4, 0.5) is 0 Å². The molecule has 0 aromatic carbocycles. The fourth-order valence-electron chi connectivity index (χ4n) is 1.21. The van der Waals surface area contributed by atoms with E-state index in [1.54, 1.807) is 27.7 Å². The van der Waals surface area contributed by atoms with Crippen LogP contribution in [0.5, 0.6) is 0 Å². The summed E-state index contributed by atoms with van der Waals surface area (Å²) in [6, 6.07) is 0.